The highest BCUT2D eigenvalue weighted by Crippen LogP contribution is 2.32. The molecule has 0 saturated heterocycles. The van der Waals surface area contributed by atoms with Crippen LogP contribution in [0.1, 0.15) is 16.7 Å². The molecule has 0 aliphatic heterocycles. The van der Waals surface area contributed by atoms with E-state index in [-0.39, 0.29) is 5.75 Å². The number of aryl methyl sites for hydroxylation is 3. The Balaban J connectivity index is 1.87. The van der Waals surface area contributed by atoms with Crippen molar-refractivity contribution in [3.8, 4) is 22.6 Å². The summed E-state index contributed by atoms with van der Waals surface area (Å²) in [5.74, 6) is 1.61. The smallest absolute Gasteiger partial charge is 0.400 e. The van der Waals surface area contributed by atoms with Crippen molar-refractivity contribution in [1.82, 2.24) is 0 Å². The van der Waals surface area contributed by atoms with Crippen LogP contribution in [-0.4, -0.2) is 0 Å². The second kappa shape index (κ2) is 7.12. The number of hydrogen-bond donors (Lipinski definition) is 0. The molecule has 4 rings (SSSR count). The molecule has 3 heteroatoms. The molecule has 0 aliphatic rings. The molecule has 0 amide bonds. The molecule has 1 heterocycles. The van der Waals surface area contributed by atoms with Gasteiger partial charge in [0.2, 0.25) is 0 Å². The first-order valence-corrected chi connectivity index (χ1v) is 8.98. The minimum Gasteiger partial charge on any atom is -0.406 e. The van der Waals surface area contributed by atoms with E-state index in [0.29, 0.717) is 11.5 Å². The summed E-state index contributed by atoms with van der Waals surface area (Å²) in [6.45, 7) is 6.18. The SMILES string of the molecule is Cc1ccc(N=c2oc(-c3ccc(C)cc3)c(-c3ccc(C)cc3)o2)cc1. The molecule has 0 fully saturated rings. The van der Waals surface area contributed by atoms with Crippen molar-refractivity contribution >= 4 is 5.69 Å². The van der Waals surface area contributed by atoms with Gasteiger partial charge in [0.1, 0.15) is 0 Å². The van der Waals surface area contributed by atoms with Crippen LogP contribution in [0.4, 0.5) is 5.69 Å². The van der Waals surface area contributed by atoms with Crippen LogP contribution in [0.3, 0.4) is 0 Å². The molecular formula is C24H21NO2. The fourth-order valence-electron chi connectivity index (χ4n) is 2.85. The molecule has 0 unspecified atom stereocenters. The van der Waals surface area contributed by atoms with Crippen LogP contribution in [0.2, 0.25) is 0 Å². The van der Waals surface area contributed by atoms with Gasteiger partial charge in [0.05, 0.1) is 5.69 Å². The van der Waals surface area contributed by atoms with Crippen molar-refractivity contribution in [2.45, 2.75) is 20.8 Å². The Morgan fingerprint density at radius 2 is 0.889 bits per heavy atom. The Bertz CT molecular complexity index is 1050. The Labute approximate surface area is 158 Å². The largest absolute Gasteiger partial charge is 0.406 e. The lowest BCUT2D eigenvalue weighted by Crippen LogP contribution is -1.92. The Morgan fingerprint density at radius 3 is 1.30 bits per heavy atom. The zero-order valence-corrected chi connectivity index (χ0v) is 15.7. The number of benzene rings is 3. The predicted molar refractivity (Wildman–Crippen MR) is 108 cm³/mol. The van der Waals surface area contributed by atoms with Crippen LogP contribution in [0.5, 0.6) is 0 Å². The highest BCUT2D eigenvalue weighted by molar-refractivity contribution is 5.75. The van der Waals surface area contributed by atoms with Gasteiger partial charge < -0.3 is 8.83 Å². The standard InChI is InChI=1S/C24H21NO2/c1-16-4-10-19(11-5-16)22-23(20-12-6-17(2)7-13-20)27-24(26-22)25-21-14-8-18(3)9-15-21/h4-15H,1-3H3. The quantitative estimate of drug-likeness (QED) is 0.428. The average molecular weight is 355 g/mol. The second-order valence-electron chi connectivity index (χ2n) is 6.81. The third-order valence-electron chi connectivity index (χ3n) is 4.47. The highest BCUT2D eigenvalue weighted by Gasteiger charge is 2.16. The van der Waals surface area contributed by atoms with E-state index < -0.39 is 0 Å². The molecule has 0 N–H and O–H groups in total. The van der Waals surface area contributed by atoms with Gasteiger partial charge in [-0.05, 0) is 32.9 Å². The molecule has 0 bridgehead atoms. The molecule has 0 spiro atoms. The summed E-state index contributed by atoms with van der Waals surface area (Å²) < 4.78 is 12.1. The summed E-state index contributed by atoms with van der Waals surface area (Å²) in [5, 5.41) is 0. The molecule has 27 heavy (non-hydrogen) atoms. The maximum atomic E-state index is 6.03. The van der Waals surface area contributed by atoms with Gasteiger partial charge in [-0.1, -0.05) is 77.4 Å². The Hall–Kier alpha value is -3.33. The van der Waals surface area contributed by atoms with Crippen LogP contribution in [0, 0.1) is 20.8 Å². The summed E-state index contributed by atoms with van der Waals surface area (Å²) in [6.07, 6.45) is 0. The first-order chi connectivity index (χ1) is 13.1. The minimum atomic E-state index is 0.241. The fourth-order valence-corrected chi connectivity index (χ4v) is 2.85. The predicted octanol–water partition coefficient (Wildman–Crippen LogP) is 6.36. The monoisotopic (exact) mass is 355 g/mol. The molecule has 0 saturated carbocycles. The third kappa shape index (κ3) is 3.77. The van der Waals surface area contributed by atoms with Gasteiger partial charge in [0.15, 0.2) is 11.5 Å². The third-order valence-corrected chi connectivity index (χ3v) is 4.47. The van der Waals surface area contributed by atoms with Crippen molar-refractivity contribution in [2.75, 3.05) is 0 Å². The number of nitrogens with zero attached hydrogens (tertiary/aromatic N) is 1. The lowest BCUT2D eigenvalue weighted by molar-refractivity contribution is 0.376. The topological polar surface area (TPSA) is 38.6 Å². The van der Waals surface area contributed by atoms with Crippen molar-refractivity contribution < 1.29 is 8.83 Å². The molecule has 3 aromatic carbocycles. The van der Waals surface area contributed by atoms with Gasteiger partial charge in [-0.3, -0.25) is 0 Å². The maximum absolute atomic E-state index is 6.03. The zero-order valence-electron chi connectivity index (χ0n) is 15.7. The first kappa shape index (κ1) is 17.1. The van der Waals surface area contributed by atoms with Gasteiger partial charge in [0, 0.05) is 11.1 Å². The van der Waals surface area contributed by atoms with E-state index in [2.05, 4.69) is 43.1 Å². The number of rotatable bonds is 3. The van der Waals surface area contributed by atoms with Crippen LogP contribution < -0.4 is 5.75 Å². The Morgan fingerprint density at radius 1 is 0.519 bits per heavy atom. The van der Waals surface area contributed by atoms with E-state index in [1.165, 1.54) is 16.7 Å². The zero-order chi connectivity index (χ0) is 18.8. The van der Waals surface area contributed by atoms with E-state index in [9.17, 15) is 0 Å². The van der Waals surface area contributed by atoms with Crippen LogP contribution in [-0.2, 0) is 0 Å². The van der Waals surface area contributed by atoms with Gasteiger partial charge >= 0.3 is 5.75 Å². The summed E-state index contributed by atoms with van der Waals surface area (Å²) in [5.41, 5.74) is 6.30. The Kier molecular flexibility index (Phi) is 4.51. The van der Waals surface area contributed by atoms with Crippen molar-refractivity contribution in [2.24, 2.45) is 4.99 Å². The molecule has 3 nitrogen and oxygen atoms in total. The van der Waals surface area contributed by atoms with Crippen LogP contribution in [0.25, 0.3) is 22.6 Å². The van der Waals surface area contributed by atoms with Crippen molar-refractivity contribution in [3.05, 3.63) is 95.2 Å². The average Bonchev–Trinajstić information content (AvgIpc) is 3.08. The van der Waals surface area contributed by atoms with E-state index in [4.69, 9.17) is 8.83 Å². The van der Waals surface area contributed by atoms with Gasteiger partial charge in [0.25, 0.3) is 0 Å². The van der Waals surface area contributed by atoms with Gasteiger partial charge in [-0.25, -0.2) is 0 Å². The lowest BCUT2D eigenvalue weighted by Gasteiger charge is -2.01. The molecule has 0 radical (unpaired) electrons. The maximum Gasteiger partial charge on any atom is 0.400 e. The normalized spacial score (nSPS) is 10.8. The minimum absolute atomic E-state index is 0.241. The van der Waals surface area contributed by atoms with Crippen LogP contribution in [0.15, 0.2) is 86.6 Å². The first-order valence-electron chi connectivity index (χ1n) is 8.98. The van der Waals surface area contributed by atoms with E-state index in [1.54, 1.807) is 0 Å². The molecule has 1 aromatic heterocycles. The summed E-state index contributed by atoms with van der Waals surface area (Å²) >= 11 is 0. The van der Waals surface area contributed by atoms with E-state index >= 15 is 0 Å². The second-order valence-corrected chi connectivity index (χ2v) is 6.81. The van der Waals surface area contributed by atoms with Gasteiger partial charge in [-0.2, -0.15) is 4.99 Å². The highest BCUT2D eigenvalue weighted by atomic mass is 16.5. The molecular weight excluding hydrogens is 334 g/mol. The number of hydrogen-bond acceptors (Lipinski definition) is 3. The van der Waals surface area contributed by atoms with Gasteiger partial charge in [-0.15, -0.1) is 0 Å². The molecule has 4 aromatic rings. The fraction of sp³-hybridized carbons (Fsp3) is 0.125. The van der Waals surface area contributed by atoms with E-state index in [1.807, 2.05) is 55.5 Å². The van der Waals surface area contributed by atoms with Crippen LogP contribution >= 0.6 is 0 Å². The molecule has 134 valence electrons. The van der Waals surface area contributed by atoms with Crippen molar-refractivity contribution in [3.63, 3.8) is 0 Å². The lowest BCUT2D eigenvalue weighted by atomic mass is 10.0. The van der Waals surface area contributed by atoms with Crippen molar-refractivity contribution in [1.29, 1.82) is 0 Å². The molecule has 0 atom stereocenters. The molecule has 0 aliphatic carbocycles. The summed E-state index contributed by atoms with van der Waals surface area (Å²) in [6, 6.07) is 24.3. The van der Waals surface area contributed by atoms with E-state index in [0.717, 1.165) is 16.8 Å². The summed E-state index contributed by atoms with van der Waals surface area (Å²) in [4.78, 5) is 4.52. The summed E-state index contributed by atoms with van der Waals surface area (Å²) in [7, 11) is 0.